The summed E-state index contributed by atoms with van der Waals surface area (Å²) in [4.78, 5) is 25.0. The zero-order chi connectivity index (χ0) is 21.6. The molecule has 2 amide bonds. The van der Waals surface area contributed by atoms with Crippen molar-refractivity contribution in [3.05, 3.63) is 62.0 Å². The highest BCUT2D eigenvalue weighted by Crippen LogP contribution is 2.25. The molecule has 9 heteroatoms. The van der Waals surface area contributed by atoms with Crippen molar-refractivity contribution in [3.8, 4) is 5.75 Å². The minimum atomic E-state index is -0.797. The van der Waals surface area contributed by atoms with E-state index in [-0.39, 0.29) is 16.5 Å². The van der Waals surface area contributed by atoms with Crippen LogP contribution in [-0.2, 0) is 4.79 Å². The number of hydrogen-bond donors (Lipinski definition) is 2. The van der Waals surface area contributed by atoms with Gasteiger partial charge in [0, 0.05) is 5.02 Å². The molecule has 0 aromatic heterocycles. The SMILES string of the molecule is COc1ccc(/C=N/NC(=O)C(NC(=O)c2ccc(Cl)cc2Cl)C(C)C)cc1Br. The van der Waals surface area contributed by atoms with Crippen LogP contribution in [0.3, 0.4) is 0 Å². The van der Waals surface area contributed by atoms with Crippen LogP contribution in [0, 0.1) is 5.92 Å². The van der Waals surface area contributed by atoms with E-state index in [1.165, 1.54) is 18.3 Å². The third kappa shape index (κ3) is 6.45. The van der Waals surface area contributed by atoms with Gasteiger partial charge in [-0.3, -0.25) is 9.59 Å². The van der Waals surface area contributed by atoms with Crippen LogP contribution in [0.2, 0.25) is 10.0 Å². The van der Waals surface area contributed by atoms with E-state index in [0.29, 0.717) is 10.8 Å². The Morgan fingerprint density at radius 2 is 1.90 bits per heavy atom. The Bertz CT molecular complexity index is 935. The van der Waals surface area contributed by atoms with Gasteiger partial charge >= 0.3 is 0 Å². The molecule has 0 aliphatic rings. The van der Waals surface area contributed by atoms with Crippen LogP contribution in [0.5, 0.6) is 5.75 Å². The third-order valence-electron chi connectivity index (χ3n) is 3.98. The molecule has 0 aliphatic carbocycles. The molecule has 1 atom stereocenters. The van der Waals surface area contributed by atoms with Gasteiger partial charge in [-0.1, -0.05) is 37.0 Å². The summed E-state index contributed by atoms with van der Waals surface area (Å²) in [5, 5.41) is 7.29. The van der Waals surface area contributed by atoms with Gasteiger partial charge in [0.05, 0.1) is 28.4 Å². The second kappa shape index (κ2) is 10.6. The van der Waals surface area contributed by atoms with E-state index in [1.807, 2.05) is 13.8 Å². The van der Waals surface area contributed by atoms with Gasteiger partial charge in [-0.15, -0.1) is 0 Å². The summed E-state index contributed by atoms with van der Waals surface area (Å²) < 4.78 is 5.94. The van der Waals surface area contributed by atoms with Crippen LogP contribution in [-0.4, -0.2) is 31.2 Å². The van der Waals surface area contributed by atoms with Crippen LogP contribution in [0.1, 0.15) is 29.8 Å². The summed E-state index contributed by atoms with van der Waals surface area (Å²) >= 11 is 15.3. The number of ether oxygens (including phenoxy) is 1. The molecule has 2 rings (SSSR count). The molecule has 154 valence electrons. The van der Waals surface area contributed by atoms with E-state index in [0.717, 1.165) is 10.0 Å². The number of carbonyl (C=O) groups excluding carboxylic acids is 2. The largest absolute Gasteiger partial charge is 0.496 e. The summed E-state index contributed by atoms with van der Waals surface area (Å²) in [6.45, 7) is 3.64. The van der Waals surface area contributed by atoms with E-state index >= 15 is 0 Å². The molecule has 29 heavy (non-hydrogen) atoms. The number of methoxy groups -OCH3 is 1. The van der Waals surface area contributed by atoms with E-state index < -0.39 is 17.9 Å². The van der Waals surface area contributed by atoms with Crippen molar-refractivity contribution < 1.29 is 14.3 Å². The fourth-order valence-corrected chi connectivity index (χ4v) is 3.48. The lowest BCUT2D eigenvalue weighted by atomic mass is 10.0. The molecule has 0 saturated heterocycles. The standard InChI is InChI=1S/C20H20BrCl2N3O3/c1-11(2)18(25-19(27)14-6-5-13(22)9-16(14)23)20(28)26-24-10-12-4-7-17(29-3)15(21)8-12/h4-11,18H,1-3H3,(H,25,27)(H,26,28)/b24-10+. The van der Waals surface area contributed by atoms with Gasteiger partial charge in [0.1, 0.15) is 11.8 Å². The highest BCUT2D eigenvalue weighted by molar-refractivity contribution is 9.10. The first-order valence-corrected chi connectivity index (χ1v) is 10.2. The van der Waals surface area contributed by atoms with Gasteiger partial charge < -0.3 is 10.1 Å². The van der Waals surface area contributed by atoms with Crippen molar-refractivity contribution in [3.63, 3.8) is 0 Å². The van der Waals surface area contributed by atoms with Crippen LogP contribution in [0.15, 0.2) is 46.0 Å². The fraction of sp³-hybridized carbons (Fsp3) is 0.250. The minimum Gasteiger partial charge on any atom is -0.496 e. The van der Waals surface area contributed by atoms with E-state index in [9.17, 15) is 9.59 Å². The number of nitrogens with zero attached hydrogens (tertiary/aromatic N) is 1. The molecular weight excluding hydrogens is 481 g/mol. The molecular formula is C20H20BrCl2N3O3. The molecule has 6 nitrogen and oxygen atoms in total. The Balaban J connectivity index is 2.05. The zero-order valence-corrected chi connectivity index (χ0v) is 19.1. The maximum atomic E-state index is 12.5. The lowest BCUT2D eigenvalue weighted by Crippen LogP contribution is -2.48. The van der Waals surface area contributed by atoms with Crippen molar-refractivity contribution in [1.29, 1.82) is 0 Å². The maximum absolute atomic E-state index is 12.5. The average Bonchev–Trinajstić information content (AvgIpc) is 2.65. The van der Waals surface area contributed by atoms with Gasteiger partial charge in [-0.25, -0.2) is 5.43 Å². The maximum Gasteiger partial charge on any atom is 0.262 e. The highest BCUT2D eigenvalue weighted by atomic mass is 79.9. The first-order chi connectivity index (χ1) is 13.7. The minimum absolute atomic E-state index is 0.171. The fourth-order valence-electron chi connectivity index (χ4n) is 2.43. The number of amides is 2. The molecule has 0 bridgehead atoms. The van der Waals surface area contributed by atoms with E-state index in [4.69, 9.17) is 27.9 Å². The Morgan fingerprint density at radius 1 is 1.17 bits per heavy atom. The Kier molecular flexibility index (Phi) is 8.49. The van der Waals surface area contributed by atoms with Crippen LogP contribution in [0.4, 0.5) is 0 Å². The highest BCUT2D eigenvalue weighted by Gasteiger charge is 2.25. The quantitative estimate of drug-likeness (QED) is 0.428. The molecule has 2 N–H and O–H groups in total. The van der Waals surface area contributed by atoms with Crippen LogP contribution < -0.4 is 15.5 Å². The topological polar surface area (TPSA) is 79.8 Å². The molecule has 2 aromatic carbocycles. The van der Waals surface area contributed by atoms with Gasteiger partial charge in [0.15, 0.2) is 0 Å². The number of benzene rings is 2. The number of halogens is 3. The molecule has 0 aliphatic heterocycles. The number of rotatable bonds is 7. The normalized spacial score (nSPS) is 12.1. The molecule has 0 radical (unpaired) electrons. The first-order valence-electron chi connectivity index (χ1n) is 8.65. The average molecular weight is 501 g/mol. The summed E-state index contributed by atoms with van der Waals surface area (Å²) in [5.41, 5.74) is 3.45. The molecule has 0 saturated carbocycles. The molecule has 1 unspecified atom stereocenters. The van der Waals surface area contributed by atoms with Crippen molar-refractivity contribution in [2.24, 2.45) is 11.0 Å². The summed E-state index contributed by atoms with van der Waals surface area (Å²) in [7, 11) is 1.58. The molecule has 0 fully saturated rings. The number of carbonyl (C=O) groups is 2. The van der Waals surface area contributed by atoms with E-state index in [1.54, 1.807) is 31.4 Å². The third-order valence-corrected chi connectivity index (χ3v) is 5.14. The predicted molar refractivity (Wildman–Crippen MR) is 119 cm³/mol. The van der Waals surface area contributed by atoms with Gasteiger partial charge in [0.25, 0.3) is 11.8 Å². The van der Waals surface area contributed by atoms with Gasteiger partial charge in [-0.05, 0) is 63.8 Å². The summed E-state index contributed by atoms with van der Waals surface area (Å²) in [6, 6.07) is 9.12. The lowest BCUT2D eigenvalue weighted by molar-refractivity contribution is -0.123. The number of nitrogens with one attached hydrogen (secondary N) is 2. The van der Waals surface area contributed by atoms with Crippen LogP contribution in [0.25, 0.3) is 0 Å². The second-order valence-corrected chi connectivity index (χ2v) is 8.15. The molecule has 2 aromatic rings. The monoisotopic (exact) mass is 499 g/mol. The Labute approximate surface area is 187 Å². The van der Waals surface area contributed by atoms with Crippen molar-refractivity contribution in [2.45, 2.75) is 19.9 Å². The van der Waals surface area contributed by atoms with Gasteiger partial charge in [0.2, 0.25) is 0 Å². The van der Waals surface area contributed by atoms with Crippen LogP contribution >= 0.6 is 39.1 Å². The van der Waals surface area contributed by atoms with Crippen molar-refractivity contribution in [2.75, 3.05) is 7.11 Å². The van der Waals surface area contributed by atoms with Crippen molar-refractivity contribution in [1.82, 2.24) is 10.7 Å². The lowest BCUT2D eigenvalue weighted by Gasteiger charge is -2.20. The second-order valence-electron chi connectivity index (χ2n) is 6.45. The summed E-state index contributed by atoms with van der Waals surface area (Å²) in [5.74, 6) is -0.393. The first kappa shape index (κ1) is 23.2. The van der Waals surface area contributed by atoms with Gasteiger partial charge in [-0.2, -0.15) is 5.10 Å². The van der Waals surface area contributed by atoms with Crippen molar-refractivity contribution >= 4 is 57.2 Å². The number of hydrazone groups is 1. The molecule has 0 spiro atoms. The smallest absolute Gasteiger partial charge is 0.262 e. The molecule has 0 heterocycles. The Morgan fingerprint density at radius 3 is 2.48 bits per heavy atom. The number of hydrogen-bond acceptors (Lipinski definition) is 4. The predicted octanol–water partition coefficient (Wildman–Crippen LogP) is 4.67. The van der Waals surface area contributed by atoms with E-state index in [2.05, 4.69) is 31.8 Å². The Hall–Kier alpha value is -2.09. The summed E-state index contributed by atoms with van der Waals surface area (Å²) in [6.07, 6.45) is 1.50. The zero-order valence-electron chi connectivity index (χ0n) is 16.0.